The summed E-state index contributed by atoms with van der Waals surface area (Å²) in [7, 11) is 0. The minimum absolute atomic E-state index is 0.121. The van der Waals surface area contributed by atoms with Gasteiger partial charge in [0.1, 0.15) is 6.61 Å². The summed E-state index contributed by atoms with van der Waals surface area (Å²) in [5, 5.41) is 9.08. The second kappa shape index (κ2) is 7.38. The summed E-state index contributed by atoms with van der Waals surface area (Å²) in [6, 6.07) is 9.49. The van der Waals surface area contributed by atoms with E-state index < -0.39 is 5.97 Å². The van der Waals surface area contributed by atoms with Gasteiger partial charge in [-0.1, -0.05) is 30.3 Å². The Morgan fingerprint density at radius 1 is 1.36 bits per heavy atom. The van der Waals surface area contributed by atoms with Crippen LogP contribution in [0, 0.1) is 6.92 Å². The maximum absolute atomic E-state index is 12.3. The van der Waals surface area contributed by atoms with Crippen LogP contribution in [-0.2, 0) is 11.3 Å². The number of likely N-dealkylation sites (tertiary alicyclic amines) is 1. The summed E-state index contributed by atoms with van der Waals surface area (Å²) in [4.78, 5) is 29.2. The molecule has 1 aliphatic heterocycles. The number of ether oxygens (including phenoxy) is 1. The topological polar surface area (TPSA) is 92.9 Å². The Bertz CT molecular complexity index is 756. The number of aromatic carboxylic acids is 1. The number of carbonyl (C=O) groups excluding carboxylic acids is 1. The van der Waals surface area contributed by atoms with Crippen LogP contribution < -0.4 is 0 Å². The van der Waals surface area contributed by atoms with Crippen molar-refractivity contribution in [1.82, 2.24) is 9.88 Å². The van der Waals surface area contributed by atoms with E-state index >= 15 is 0 Å². The Hall–Kier alpha value is -2.83. The van der Waals surface area contributed by atoms with E-state index in [-0.39, 0.29) is 24.4 Å². The number of aryl methyl sites for hydroxylation is 1. The molecule has 2 heterocycles. The van der Waals surface area contributed by atoms with Gasteiger partial charge in [-0.2, -0.15) is 0 Å². The molecule has 132 valence electrons. The van der Waals surface area contributed by atoms with Gasteiger partial charge in [0.15, 0.2) is 5.89 Å². The van der Waals surface area contributed by atoms with Gasteiger partial charge in [-0.3, -0.25) is 0 Å². The maximum atomic E-state index is 12.3. The van der Waals surface area contributed by atoms with Gasteiger partial charge in [-0.15, -0.1) is 0 Å². The van der Waals surface area contributed by atoms with Crippen LogP contribution in [0.25, 0.3) is 0 Å². The second-order valence-corrected chi connectivity index (χ2v) is 6.10. The molecular weight excluding hydrogens is 324 g/mol. The van der Waals surface area contributed by atoms with Gasteiger partial charge in [0.2, 0.25) is 5.76 Å². The van der Waals surface area contributed by atoms with Crippen LogP contribution in [0.1, 0.15) is 46.5 Å². The number of carboxylic acid groups (broad SMARTS) is 1. The zero-order valence-electron chi connectivity index (χ0n) is 14.0. The number of hydrogen-bond acceptors (Lipinski definition) is 5. The molecule has 7 nitrogen and oxygen atoms in total. The smallest absolute Gasteiger partial charge is 0.410 e. The van der Waals surface area contributed by atoms with Gasteiger partial charge in [-0.05, 0) is 25.3 Å². The predicted octanol–water partition coefficient (Wildman–Crippen LogP) is 3.20. The fourth-order valence-corrected chi connectivity index (χ4v) is 2.95. The van der Waals surface area contributed by atoms with Gasteiger partial charge < -0.3 is 19.2 Å². The summed E-state index contributed by atoms with van der Waals surface area (Å²) in [5.74, 6) is -1.02. The minimum atomic E-state index is -1.13. The van der Waals surface area contributed by atoms with Crippen molar-refractivity contribution >= 4 is 12.1 Å². The van der Waals surface area contributed by atoms with Crippen molar-refractivity contribution in [2.24, 2.45) is 0 Å². The average molecular weight is 344 g/mol. The van der Waals surface area contributed by atoms with E-state index in [0.29, 0.717) is 24.7 Å². The van der Waals surface area contributed by atoms with E-state index in [1.165, 1.54) is 0 Å². The van der Waals surface area contributed by atoms with Crippen LogP contribution >= 0.6 is 0 Å². The lowest BCUT2D eigenvalue weighted by atomic mass is 9.98. The third kappa shape index (κ3) is 3.99. The Labute approximate surface area is 145 Å². The number of oxazole rings is 1. The summed E-state index contributed by atoms with van der Waals surface area (Å²) in [6.45, 7) is 2.84. The van der Waals surface area contributed by atoms with Crippen LogP contribution in [0.5, 0.6) is 0 Å². The first kappa shape index (κ1) is 17.0. The zero-order valence-corrected chi connectivity index (χ0v) is 14.0. The van der Waals surface area contributed by atoms with Crippen molar-refractivity contribution in [3.05, 3.63) is 53.2 Å². The van der Waals surface area contributed by atoms with Crippen LogP contribution in [-0.4, -0.2) is 40.1 Å². The molecule has 1 aromatic heterocycles. The molecule has 0 aliphatic carbocycles. The van der Waals surface area contributed by atoms with E-state index in [0.717, 1.165) is 18.4 Å². The second-order valence-electron chi connectivity index (χ2n) is 6.10. The Morgan fingerprint density at radius 2 is 2.12 bits per heavy atom. The summed E-state index contributed by atoms with van der Waals surface area (Å²) in [5.41, 5.74) is 1.28. The molecular formula is C18H20N2O5. The van der Waals surface area contributed by atoms with Crippen molar-refractivity contribution in [1.29, 1.82) is 0 Å². The number of rotatable bonds is 4. The fraction of sp³-hybridized carbons (Fsp3) is 0.389. The summed E-state index contributed by atoms with van der Waals surface area (Å²) < 4.78 is 10.7. The fourth-order valence-electron chi connectivity index (χ4n) is 2.95. The molecule has 3 rings (SSSR count). The summed E-state index contributed by atoms with van der Waals surface area (Å²) >= 11 is 0. The van der Waals surface area contributed by atoms with Gasteiger partial charge >= 0.3 is 12.1 Å². The molecule has 1 unspecified atom stereocenters. The van der Waals surface area contributed by atoms with Gasteiger partial charge in [0, 0.05) is 13.1 Å². The van der Waals surface area contributed by atoms with Gasteiger partial charge in [0.25, 0.3) is 0 Å². The number of aromatic nitrogens is 1. The Kier molecular flexibility index (Phi) is 5.02. The normalized spacial score (nSPS) is 17.3. The molecule has 1 aliphatic rings. The van der Waals surface area contributed by atoms with Crippen LogP contribution in [0.3, 0.4) is 0 Å². The molecule has 1 atom stereocenters. The molecule has 2 aromatic rings. The first-order valence-corrected chi connectivity index (χ1v) is 8.21. The standard InChI is InChI=1S/C18H20N2O5/c1-12-15(17(21)22)25-16(19-12)14-8-5-9-20(10-14)18(23)24-11-13-6-3-2-4-7-13/h2-4,6-7,14H,5,8-11H2,1H3,(H,21,22). The Balaban J connectivity index is 1.61. The van der Waals surface area contributed by atoms with Crippen molar-refractivity contribution in [3.8, 4) is 0 Å². The SMILES string of the molecule is Cc1nc(C2CCCN(C(=O)OCc3ccccc3)C2)oc1C(=O)O. The van der Waals surface area contributed by atoms with Crippen molar-refractivity contribution in [2.75, 3.05) is 13.1 Å². The number of nitrogens with zero attached hydrogens (tertiary/aromatic N) is 2. The molecule has 1 N–H and O–H groups in total. The largest absolute Gasteiger partial charge is 0.475 e. The average Bonchev–Trinajstić information content (AvgIpc) is 3.03. The van der Waals surface area contributed by atoms with Crippen LogP contribution in [0.2, 0.25) is 0 Å². The van der Waals surface area contributed by atoms with E-state index in [4.69, 9.17) is 14.3 Å². The molecule has 25 heavy (non-hydrogen) atoms. The highest BCUT2D eigenvalue weighted by Gasteiger charge is 2.30. The highest BCUT2D eigenvalue weighted by Crippen LogP contribution is 2.28. The number of benzene rings is 1. The van der Waals surface area contributed by atoms with Gasteiger partial charge in [-0.25, -0.2) is 14.6 Å². The first-order chi connectivity index (χ1) is 12.0. The monoisotopic (exact) mass is 344 g/mol. The third-order valence-corrected chi connectivity index (χ3v) is 4.24. The predicted molar refractivity (Wildman–Crippen MR) is 88.4 cm³/mol. The van der Waals surface area contributed by atoms with Crippen molar-refractivity contribution in [3.63, 3.8) is 0 Å². The lowest BCUT2D eigenvalue weighted by molar-refractivity contribution is 0.0651. The van der Waals surface area contributed by atoms with E-state index in [1.54, 1.807) is 11.8 Å². The summed E-state index contributed by atoms with van der Waals surface area (Å²) in [6.07, 6.45) is 1.20. The van der Waals surface area contributed by atoms with E-state index in [1.807, 2.05) is 30.3 Å². The van der Waals surface area contributed by atoms with Crippen molar-refractivity contribution in [2.45, 2.75) is 32.3 Å². The van der Waals surface area contributed by atoms with Crippen LogP contribution in [0.4, 0.5) is 4.79 Å². The molecule has 1 fully saturated rings. The number of amides is 1. The minimum Gasteiger partial charge on any atom is -0.475 e. The van der Waals surface area contributed by atoms with Crippen molar-refractivity contribution < 1.29 is 23.8 Å². The van der Waals surface area contributed by atoms with E-state index in [2.05, 4.69) is 4.98 Å². The first-order valence-electron chi connectivity index (χ1n) is 8.21. The lowest BCUT2D eigenvalue weighted by Crippen LogP contribution is -2.39. The highest BCUT2D eigenvalue weighted by atomic mass is 16.6. The molecule has 0 spiro atoms. The highest BCUT2D eigenvalue weighted by molar-refractivity contribution is 5.85. The van der Waals surface area contributed by atoms with Gasteiger partial charge in [0.05, 0.1) is 11.6 Å². The number of hydrogen-bond donors (Lipinski definition) is 1. The van der Waals surface area contributed by atoms with Crippen LogP contribution in [0.15, 0.2) is 34.7 Å². The number of carboxylic acids is 1. The quantitative estimate of drug-likeness (QED) is 0.915. The number of piperidine rings is 1. The zero-order chi connectivity index (χ0) is 17.8. The molecule has 0 bridgehead atoms. The Morgan fingerprint density at radius 3 is 2.80 bits per heavy atom. The number of carbonyl (C=O) groups is 2. The molecule has 7 heteroatoms. The van der Waals surface area contributed by atoms with E-state index in [9.17, 15) is 9.59 Å². The molecule has 0 saturated carbocycles. The molecule has 1 saturated heterocycles. The third-order valence-electron chi connectivity index (χ3n) is 4.24. The molecule has 0 radical (unpaired) electrons. The molecule has 1 aromatic carbocycles. The lowest BCUT2D eigenvalue weighted by Gasteiger charge is -2.30. The maximum Gasteiger partial charge on any atom is 0.410 e. The molecule has 1 amide bonds.